The third-order valence-corrected chi connectivity index (χ3v) is 3.16. The molecule has 0 atom stereocenters. The Labute approximate surface area is 105 Å². The maximum Gasteiger partial charge on any atom is 0.186 e. The van der Waals surface area contributed by atoms with Crippen LogP contribution in [0.4, 0.5) is 5.82 Å². The molecule has 3 N–H and O–H groups in total. The molecule has 0 aliphatic carbocycles. The molecular formula is C13H15N5. The van der Waals surface area contributed by atoms with Crippen molar-refractivity contribution in [1.29, 1.82) is 0 Å². The number of hydrogen-bond acceptors (Lipinski definition) is 3. The Hall–Kier alpha value is -2.30. The number of H-pyrrole nitrogens is 1. The summed E-state index contributed by atoms with van der Waals surface area (Å²) in [5.74, 6) is 0.585. The van der Waals surface area contributed by atoms with Crippen molar-refractivity contribution < 1.29 is 0 Å². The Kier molecular flexibility index (Phi) is 2.33. The Morgan fingerprint density at radius 2 is 2.11 bits per heavy atom. The number of nitrogens with one attached hydrogen (secondary N) is 1. The highest BCUT2D eigenvalue weighted by atomic mass is 15.4. The van der Waals surface area contributed by atoms with E-state index >= 15 is 0 Å². The zero-order chi connectivity index (χ0) is 12.7. The highest BCUT2D eigenvalue weighted by Crippen LogP contribution is 2.26. The molecule has 5 heteroatoms. The molecule has 0 unspecified atom stereocenters. The maximum absolute atomic E-state index is 5.91. The summed E-state index contributed by atoms with van der Waals surface area (Å²) in [5.41, 5.74) is 9.87. The van der Waals surface area contributed by atoms with Crippen LogP contribution in [0.3, 0.4) is 0 Å². The van der Waals surface area contributed by atoms with Gasteiger partial charge in [0.25, 0.3) is 0 Å². The second kappa shape index (κ2) is 3.87. The minimum atomic E-state index is 0.585. The predicted octanol–water partition coefficient (Wildman–Crippen LogP) is 2.20. The molecular weight excluding hydrogens is 226 g/mol. The van der Waals surface area contributed by atoms with Gasteiger partial charge in [-0.2, -0.15) is 10.2 Å². The molecule has 3 aromatic rings. The summed E-state index contributed by atoms with van der Waals surface area (Å²) in [7, 11) is 0. The minimum Gasteiger partial charge on any atom is -0.383 e. The largest absolute Gasteiger partial charge is 0.383 e. The van der Waals surface area contributed by atoms with Crippen molar-refractivity contribution in [1.82, 2.24) is 20.0 Å². The van der Waals surface area contributed by atoms with E-state index in [9.17, 15) is 0 Å². The van der Waals surface area contributed by atoms with Crippen LogP contribution in [0.2, 0.25) is 0 Å². The quantitative estimate of drug-likeness (QED) is 0.722. The zero-order valence-electron chi connectivity index (χ0n) is 10.4. The number of rotatable bonds is 2. The van der Waals surface area contributed by atoms with Crippen LogP contribution in [0, 0.1) is 6.92 Å². The van der Waals surface area contributed by atoms with Crippen LogP contribution in [0.5, 0.6) is 0 Å². The van der Waals surface area contributed by atoms with Gasteiger partial charge in [-0.05, 0) is 25.0 Å². The van der Waals surface area contributed by atoms with Gasteiger partial charge in [0.1, 0.15) is 5.82 Å². The molecule has 18 heavy (non-hydrogen) atoms. The van der Waals surface area contributed by atoms with Crippen molar-refractivity contribution >= 4 is 16.9 Å². The molecule has 0 saturated heterocycles. The predicted molar refractivity (Wildman–Crippen MR) is 71.7 cm³/mol. The van der Waals surface area contributed by atoms with Gasteiger partial charge in [-0.1, -0.05) is 25.1 Å². The monoisotopic (exact) mass is 241 g/mol. The van der Waals surface area contributed by atoms with E-state index in [0.717, 1.165) is 34.4 Å². The van der Waals surface area contributed by atoms with Crippen LogP contribution in [-0.2, 0) is 6.42 Å². The number of nitrogen functional groups attached to an aromatic ring is 1. The van der Waals surface area contributed by atoms with Crippen molar-refractivity contribution in [3.63, 3.8) is 0 Å². The number of hydrogen-bond donors (Lipinski definition) is 2. The summed E-state index contributed by atoms with van der Waals surface area (Å²) < 4.78 is 1.86. The summed E-state index contributed by atoms with van der Waals surface area (Å²) in [6, 6.07) is 8.10. The molecule has 0 amide bonds. The topological polar surface area (TPSA) is 72.5 Å². The first-order valence-corrected chi connectivity index (χ1v) is 5.99. The average molecular weight is 241 g/mol. The highest BCUT2D eigenvalue weighted by Gasteiger charge is 2.16. The summed E-state index contributed by atoms with van der Waals surface area (Å²) >= 11 is 0. The van der Waals surface area contributed by atoms with Gasteiger partial charge in [0.15, 0.2) is 5.65 Å². The molecule has 0 spiro atoms. The second-order valence-corrected chi connectivity index (χ2v) is 4.33. The van der Waals surface area contributed by atoms with E-state index in [4.69, 9.17) is 5.73 Å². The molecule has 92 valence electrons. The van der Waals surface area contributed by atoms with E-state index in [2.05, 4.69) is 35.2 Å². The number of fused-ring (bicyclic) bond motifs is 1. The SMILES string of the molecule is CCc1nn(-c2ccccc2C)c2n[nH]c(N)c12. The average Bonchev–Trinajstić information content (AvgIpc) is 2.92. The lowest BCUT2D eigenvalue weighted by Crippen LogP contribution is -2.00. The van der Waals surface area contributed by atoms with E-state index in [1.807, 2.05) is 22.9 Å². The molecule has 0 fully saturated rings. The molecule has 3 rings (SSSR count). The lowest BCUT2D eigenvalue weighted by Gasteiger charge is -2.04. The first kappa shape index (κ1) is 10.8. The first-order chi connectivity index (χ1) is 8.72. The van der Waals surface area contributed by atoms with Crippen LogP contribution < -0.4 is 5.73 Å². The summed E-state index contributed by atoms with van der Waals surface area (Å²) in [4.78, 5) is 0. The summed E-state index contributed by atoms with van der Waals surface area (Å²) in [6.45, 7) is 4.13. The summed E-state index contributed by atoms with van der Waals surface area (Å²) in [6.07, 6.45) is 0.832. The van der Waals surface area contributed by atoms with Gasteiger partial charge in [0.2, 0.25) is 0 Å². The van der Waals surface area contributed by atoms with Crippen molar-refractivity contribution in [2.24, 2.45) is 0 Å². The lowest BCUT2D eigenvalue weighted by atomic mass is 10.2. The Balaban J connectivity index is 2.34. The van der Waals surface area contributed by atoms with Gasteiger partial charge in [-0.25, -0.2) is 4.68 Å². The van der Waals surface area contributed by atoms with Crippen molar-refractivity contribution in [2.45, 2.75) is 20.3 Å². The van der Waals surface area contributed by atoms with E-state index in [-0.39, 0.29) is 0 Å². The highest BCUT2D eigenvalue weighted by molar-refractivity contribution is 5.90. The molecule has 0 radical (unpaired) electrons. The fourth-order valence-corrected chi connectivity index (χ4v) is 2.22. The number of para-hydroxylation sites is 1. The smallest absolute Gasteiger partial charge is 0.186 e. The third kappa shape index (κ3) is 1.40. The van der Waals surface area contributed by atoms with Gasteiger partial charge >= 0.3 is 0 Å². The van der Waals surface area contributed by atoms with E-state index in [1.165, 1.54) is 0 Å². The number of aryl methyl sites for hydroxylation is 2. The van der Waals surface area contributed by atoms with Gasteiger partial charge in [-0.3, -0.25) is 5.10 Å². The van der Waals surface area contributed by atoms with Crippen LogP contribution in [-0.4, -0.2) is 20.0 Å². The molecule has 2 heterocycles. The van der Waals surface area contributed by atoms with Gasteiger partial charge < -0.3 is 5.73 Å². The normalized spacial score (nSPS) is 11.2. The fraction of sp³-hybridized carbons (Fsp3) is 0.231. The summed E-state index contributed by atoms with van der Waals surface area (Å²) in [5, 5.41) is 12.6. The molecule has 0 saturated carbocycles. The third-order valence-electron chi connectivity index (χ3n) is 3.16. The minimum absolute atomic E-state index is 0.585. The van der Waals surface area contributed by atoms with Crippen LogP contribution in [0.15, 0.2) is 24.3 Å². The van der Waals surface area contributed by atoms with Crippen molar-refractivity contribution in [3.8, 4) is 5.69 Å². The zero-order valence-corrected chi connectivity index (χ0v) is 10.4. The molecule has 1 aromatic carbocycles. The Morgan fingerprint density at radius 3 is 2.83 bits per heavy atom. The second-order valence-electron chi connectivity index (χ2n) is 4.33. The van der Waals surface area contributed by atoms with Crippen molar-refractivity contribution in [2.75, 3.05) is 5.73 Å². The van der Waals surface area contributed by atoms with Crippen LogP contribution in [0.1, 0.15) is 18.2 Å². The number of aromatic nitrogens is 4. The fourth-order valence-electron chi connectivity index (χ4n) is 2.22. The Morgan fingerprint density at radius 1 is 1.33 bits per heavy atom. The maximum atomic E-state index is 5.91. The number of aromatic amines is 1. The molecule has 0 bridgehead atoms. The number of anilines is 1. The lowest BCUT2D eigenvalue weighted by molar-refractivity contribution is 0.839. The van der Waals surface area contributed by atoms with Gasteiger partial charge in [-0.15, -0.1) is 0 Å². The molecule has 0 aliphatic heterocycles. The molecule has 0 aliphatic rings. The van der Waals surface area contributed by atoms with Crippen LogP contribution in [0.25, 0.3) is 16.7 Å². The first-order valence-electron chi connectivity index (χ1n) is 5.99. The van der Waals surface area contributed by atoms with Gasteiger partial charge in [0, 0.05) is 0 Å². The van der Waals surface area contributed by atoms with Gasteiger partial charge in [0.05, 0.1) is 16.8 Å². The number of nitrogens with zero attached hydrogens (tertiary/aromatic N) is 3. The van der Waals surface area contributed by atoms with Crippen LogP contribution >= 0.6 is 0 Å². The van der Waals surface area contributed by atoms with E-state index in [0.29, 0.717) is 5.82 Å². The number of nitrogens with two attached hydrogens (primary N) is 1. The standard InChI is InChI=1S/C13H15N5/c1-3-9-11-12(14)15-16-13(11)18(17-9)10-7-5-4-6-8(10)2/h4-7H,3H2,1-2H3,(H3,14,15,16). The molecule has 2 aromatic heterocycles. The Bertz CT molecular complexity index is 707. The molecule has 5 nitrogen and oxygen atoms in total. The number of benzene rings is 1. The van der Waals surface area contributed by atoms with E-state index in [1.54, 1.807) is 0 Å². The van der Waals surface area contributed by atoms with E-state index < -0.39 is 0 Å². The van der Waals surface area contributed by atoms with Crippen molar-refractivity contribution in [3.05, 3.63) is 35.5 Å².